The third-order valence-corrected chi connectivity index (χ3v) is 11.0. The number of nitrogens with two attached hydrogens (primary N) is 2. The summed E-state index contributed by atoms with van der Waals surface area (Å²) in [5.41, 5.74) is 13.0. The van der Waals surface area contributed by atoms with E-state index >= 15 is 0 Å². The van der Waals surface area contributed by atoms with E-state index in [1.54, 1.807) is 4.90 Å². The second kappa shape index (κ2) is 19.1. The Balaban J connectivity index is 1.46. The first-order valence-corrected chi connectivity index (χ1v) is 19.4. The van der Waals surface area contributed by atoms with Crippen LogP contribution in [-0.2, 0) is 41.3 Å². The first-order valence-electron chi connectivity index (χ1n) is 19.4. The molecule has 11 nitrogen and oxygen atoms in total. The van der Waals surface area contributed by atoms with Crippen LogP contribution in [0.5, 0.6) is 0 Å². The monoisotopic (exact) mass is 731 g/mol. The molecule has 12 heteroatoms. The maximum absolute atomic E-state index is 14.1. The van der Waals surface area contributed by atoms with Gasteiger partial charge in [-0.1, -0.05) is 74.5 Å². The number of unbranched alkanes of at least 4 members (excludes halogenated alkanes) is 1. The second-order valence-corrected chi connectivity index (χ2v) is 16.3. The van der Waals surface area contributed by atoms with Crippen LogP contribution in [0, 0.1) is 11.8 Å². The Kier molecular flexibility index (Phi) is 15.2. The number of benzene rings is 2. The van der Waals surface area contributed by atoms with E-state index in [0.717, 1.165) is 24.0 Å². The zero-order valence-electron chi connectivity index (χ0n) is 32.6. The van der Waals surface area contributed by atoms with E-state index in [4.69, 9.17) is 20.8 Å². The van der Waals surface area contributed by atoms with Crippen LogP contribution >= 0.6 is 0 Å². The van der Waals surface area contributed by atoms with E-state index in [9.17, 15) is 19.2 Å². The topological polar surface area (TPSA) is 166 Å². The Morgan fingerprint density at radius 2 is 1.42 bits per heavy atom. The Morgan fingerprint density at radius 1 is 0.849 bits per heavy atom. The number of ketones is 1. The fraction of sp³-hybridized carbons (Fsp3) is 0.610. The second-order valence-electron chi connectivity index (χ2n) is 16.3. The number of rotatable bonds is 19. The van der Waals surface area contributed by atoms with Crippen molar-refractivity contribution < 1.29 is 28.5 Å². The normalized spacial score (nSPS) is 20.1. The molecule has 0 aromatic heterocycles. The minimum absolute atomic E-state index is 0.0178. The molecule has 2 aliphatic rings. The fourth-order valence-corrected chi connectivity index (χ4v) is 7.12. The zero-order valence-corrected chi connectivity index (χ0v) is 32.6. The molecule has 2 aromatic rings. The van der Waals surface area contributed by atoms with Crippen molar-refractivity contribution in [1.82, 2.24) is 15.5 Å². The van der Waals surface area contributed by atoms with Crippen molar-refractivity contribution in [2.45, 2.75) is 128 Å². The molecule has 0 aliphatic carbocycles. The standard InChI is InChI=1S/C41H62BN5O6/c1-28(2)23-31(26-36(48)35(25-30-17-11-8-12-18-30)46-38(50)33(44)24-29-15-9-7-10-16-29)37(49)45-34(19-13-14-21-43)39(51)47-22-20-32(27-47)42-52-40(3,4)41(5,6)53-42/h7-12,15-18,28,31-35H,13-14,19-27,43-44H2,1-6H3,(H,45,49)(H,46,50)/t31-,32?,33+,34+,35+/m0/s1. The Hall–Kier alpha value is -3.58. The van der Waals surface area contributed by atoms with Crippen LogP contribution in [-0.4, -0.2) is 84.5 Å². The summed E-state index contributed by atoms with van der Waals surface area (Å²) in [4.78, 5) is 57.4. The molecule has 6 N–H and O–H groups in total. The van der Waals surface area contributed by atoms with Gasteiger partial charge < -0.3 is 36.3 Å². The molecule has 1 unspecified atom stereocenters. The maximum atomic E-state index is 14.1. The van der Waals surface area contributed by atoms with E-state index in [0.29, 0.717) is 45.3 Å². The van der Waals surface area contributed by atoms with Crippen molar-refractivity contribution in [3.05, 3.63) is 71.8 Å². The first-order chi connectivity index (χ1) is 25.1. The number of likely N-dealkylation sites (tertiary alicyclic amines) is 1. The van der Waals surface area contributed by atoms with Crippen molar-refractivity contribution in [3.8, 4) is 0 Å². The molecule has 0 spiro atoms. The highest BCUT2D eigenvalue weighted by Crippen LogP contribution is 2.42. The summed E-state index contributed by atoms with van der Waals surface area (Å²) >= 11 is 0. The van der Waals surface area contributed by atoms with Gasteiger partial charge in [0.05, 0.1) is 23.3 Å². The van der Waals surface area contributed by atoms with Crippen molar-refractivity contribution in [1.29, 1.82) is 0 Å². The molecular weight excluding hydrogens is 669 g/mol. The minimum atomic E-state index is -0.882. The summed E-state index contributed by atoms with van der Waals surface area (Å²) in [6.07, 6.45) is 3.50. The Morgan fingerprint density at radius 3 is 1.98 bits per heavy atom. The lowest BCUT2D eigenvalue weighted by atomic mass is 9.71. The highest BCUT2D eigenvalue weighted by molar-refractivity contribution is 6.47. The number of Topliss-reactive ketones (excluding diaryl/α,β-unsaturated/α-hetero) is 1. The molecule has 5 atom stereocenters. The zero-order chi connectivity index (χ0) is 38.8. The largest absolute Gasteiger partial charge is 0.463 e. The van der Waals surface area contributed by atoms with Crippen LogP contribution in [0.15, 0.2) is 60.7 Å². The van der Waals surface area contributed by atoms with Crippen molar-refractivity contribution in [2.24, 2.45) is 23.3 Å². The lowest BCUT2D eigenvalue weighted by Crippen LogP contribution is -2.52. The van der Waals surface area contributed by atoms with Crippen LogP contribution in [0.25, 0.3) is 0 Å². The highest BCUT2D eigenvalue weighted by atomic mass is 16.7. The van der Waals surface area contributed by atoms with Crippen LogP contribution in [0.4, 0.5) is 0 Å². The van der Waals surface area contributed by atoms with Crippen LogP contribution in [0.1, 0.15) is 91.2 Å². The number of hydrogen-bond donors (Lipinski definition) is 4. The van der Waals surface area contributed by atoms with Gasteiger partial charge in [-0.3, -0.25) is 19.2 Å². The number of carbonyl (C=O) groups excluding carboxylic acids is 4. The predicted molar refractivity (Wildman–Crippen MR) is 209 cm³/mol. The molecule has 2 fully saturated rings. The van der Waals surface area contributed by atoms with Crippen LogP contribution in [0.3, 0.4) is 0 Å². The molecule has 3 amide bonds. The number of carbonyl (C=O) groups is 4. The van der Waals surface area contributed by atoms with Gasteiger partial charge in [-0.2, -0.15) is 0 Å². The van der Waals surface area contributed by atoms with Gasteiger partial charge in [-0.25, -0.2) is 0 Å². The Bertz CT molecular complexity index is 1490. The molecule has 0 saturated carbocycles. The summed E-state index contributed by atoms with van der Waals surface area (Å²) in [5, 5.41) is 5.97. The number of amides is 3. The van der Waals surface area contributed by atoms with Crippen LogP contribution < -0.4 is 22.1 Å². The summed E-state index contributed by atoms with van der Waals surface area (Å²) < 4.78 is 12.6. The predicted octanol–water partition coefficient (Wildman–Crippen LogP) is 4.21. The van der Waals surface area contributed by atoms with E-state index in [1.165, 1.54) is 0 Å². The quantitative estimate of drug-likeness (QED) is 0.123. The SMILES string of the molecule is CC(C)C[C@@H](CC(=O)[C@@H](Cc1ccccc1)NC(=O)[C@H](N)Cc1ccccc1)C(=O)N[C@H](CCCCN)C(=O)N1CCC(B2OC(C)(C)C(C)(C)O2)C1. The summed E-state index contributed by atoms with van der Waals surface area (Å²) in [6.45, 7) is 13.6. The molecule has 290 valence electrons. The minimum Gasteiger partial charge on any atom is -0.403 e. The maximum Gasteiger partial charge on any atom is 0.463 e. The van der Waals surface area contributed by atoms with E-state index < -0.39 is 48.3 Å². The third kappa shape index (κ3) is 12.0. The fourth-order valence-electron chi connectivity index (χ4n) is 7.12. The van der Waals surface area contributed by atoms with Gasteiger partial charge in [-0.15, -0.1) is 0 Å². The van der Waals surface area contributed by atoms with Crippen molar-refractivity contribution in [2.75, 3.05) is 19.6 Å². The summed E-state index contributed by atoms with van der Waals surface area (Å²) in [7, 11) is -0.415. The summed E-state index contributed by atoms with van der Waals surface area (Å²) in [5.74, 6) is -1.75. The molecule has 2 aliphatic heterocycles. The average molecular weight is 732 g/mol. The first kappa shape index (κ1) is 42.2. The van der Waals surface area contributed by atoms with Gasteiger partial charge in [0.1, 0.15) is 6.04 Å². The molecule has 2 saturated heterocycles. The van der Waals surface area contributed by atoms with E-state index in [2.05, 4.69) is 10.6 Å². The average Bonchev–Trinajstić information content (AvgIpc) is 3.69. The number of nitrogens with one attached hydrogen (secondary N) is 2. The molecule has 2 heterocycles. The van der Waals surface area contributed by atoms with E-state index in [-0.39, 0.29) is 42.2 Å². The van der Waals surface area contributed by atoms with Gasteiger partial charge >= 0.3 is 7.12 Å². The van der Waals surface area contributed by atoms with Crippen molar-refractivity contribution in [3.63, 3.8) is 0 Å². The third-order valence-electron chi connectivity index (χ3n) is 11.0. The lowest BCUT2D eigenvalue weighted by Gasteiger charge is -2.32. The highest BCUT2D eigenvalue weighted by Gasteiger charge is 2.55. The molecular formula is C41H62BN5O6. The van der Waals surface area contributed by atoms with Gasteiger partial charge in [0.2, 0.25) is 17.7 Å². The summed E-state index contributed by atoms with van der Waals surface area (Å²) in [6, 6.07) is 16.5. The molecule has 53 heavy (non-hydrogen) atoms. The van der Waals surface area contributed by atoms with Gasteiger partial charge in [0.25, 0.3) is 0 Å². The number of nitrogens with zero attached hydrogens (tertiary/aromatic N) is 1. The van der Waals surface area contributed by atoms with E-state index in [1.807, 2.05) is 102 Å². The molecule has 2 aromatic carbocycles. The molecule has 0 bridgehead atoms. The molecule has 0 radical (unpaired) electrons. The molecule has 4 rings (SSSR count). The van der Waals surface area contributed by atoms with Gasteiger partial charge in [0.15, 0.2) is 5.78 Å². The van der Waals surface area contributed by atoms with Crippen molar-refractivity contribution >= 4 is 30.6 Å². The number of hydrogen-bond acceptors (Lipinski definition) is 8. The Labute approximate surface area is 316 Å². The lowest BCUT2D eigenvalue weighted by molar-refractivity contribution is -0.138. The smallest absolute Gasteiger partial charge is 0.403 e. The van der Waals surface area contributed by atoms with Gasteiger partial charge in [0, 0.05) is 31.2 Å². The van der Waals surface area contributed by atoms with Gasteiger partial charge in [-0.05, 0) is 96.2 Å². The van der Waals surface area contributed by atoms with Crippen LogP contribution in [0.2, 0.25) is 5.82 Å².